The molecule has 0 radical (unpaired) electrons. The molecule has 0 atom stereocenters. The van der Waals surface area contributed by atoms with E-state index in [0.717, 1.165) is 0 Å². The Kier molecular flexibility index (Phi) is 17.6. The molecule has 0 N–H and O–H groups in total. The molecule has 0 fully saturated rings. The van der Waals surface area contributed by atoms with Crippen molar-refractivity contribution in [3.63, 3.8) is 0 Å². The molecule has 0 saturated heterocycles. The van der Waals surface area contributed by atoms with Gasteiger partial charge >= 0.3 is 51.4 Å². The minimum absolute atomic E-state index is 0. The van der Waals surface area contributed by atoms with Gasteiger partial charge in [-0.05, 0) is 6.92 Å². The molecular formula is C2H7KO2S. The van der Waals surface area contributed by atoms with Gasteiger partial charge in [0.25, 0.3) is 0 Å². The van der Waals surface area contributed by atoms with Crippen molar-refractivity contribution in [3.8, 4) is 0 Å². The first kappa shape index (κ1) is 10.7. The Bertz CT molecular complexity index is 32.7. The molecule has 0 unspecified atom stereocenters. The van der Waals surface area contributed by atoms with Crippen molar-refractivity contribution in [2.75, 3.05) is 6.61 Å². The molecule has 0 aliphatic heterocycles. The van der Waals surface area contributed by atoms with Gasteiger partial charge in [0.2, 0.25) is 0 Å². The average Bonchev–Trinajstić information content (AvgIpc) is 1.41. The van der Waals surface area contributed by atoms with Crippen molar-refractivity contribution in [1.29, 1.82) is 0 Å². The van der Waals surface area contributed by atoms with Gasteiger partial charge in [-0.2, -0.15) is 0 Å². The Morgan fingerprint density at radius 3 is 2.33 bits per heavy atom. The van der Waals surface area contributed by atoms with Crippen molar-refractivity contribution >= 4 is 63.3 Å². The van der Waals surface area contributed by atoms with Gasteiger partial charge in [0, 0.05) is 0 Å². The fourth-order valence-electron chi connectivity index (χ4n) is 0.0527. The second-order valence-corrected chi connectivity index (χ2v) is 0.900. The van der Waals surface area contributed by atoms with Crippen LogP contribution in [-0.4, -0.2) is 62.2 Å². The van der Waals surface area contributed by atoms with E-state index in [1.54, 1.807) is 6.92 Å². The summed E-state index contributed by atoms with van der Waals surface area (Å²) in [7, 11) is 0. The predicted molar refractivity (Wildman–Crippen MR) is 28.3 cm³/mol. The van der Waals surface area contributed by atoms with Crippen molar-refractivity contribution in [3.05, 3.63) is 0 Å². The van der Waals surface area contributed by atoms with E-state index in [-0.39, 0.29) is 63.3 Å². The molecule has 6 heavy (non-hydrogen) atoms. The summed E-state index contributed by atoms with van der Waals surface area (Å²) in [5, 5.41) is 0. The van der Waals surface area contributed by atoms with E-state index < -0.39 is 0 Å². The molecule has 0 heterocycles. The zero-order valence-electron chi connectivity index (χ0n) is 2.97. The Labute approximate surface area is 83.8 Å². The van der Waals surface area contributed by atoms with Crippen molar-refractivity contribution in [1.82, 2.24) is 0 Å². The van der Waals surface area contributed by atoms with Crippen LogP contribution in [0.2, 0.25) is 0 Å². The van der Waals surface area contributed by atoms with Crippen LogP contribution in [-0.2, 0) is 16.1 Å². The second kappa shape index (κ2) is 9.89. The third-order valence-electron chi connectivity index (χ3n) is 0.182. The third-order valence-corrected chi connectivity index (χ3v) is 0.545. The Hall–Kier alpha value is 1.75. The summed E-state index contributed by atoms with van der Waals surface area (Å²) in [4.78, 5) is 0. The van der Waals surface area contributed by atoms with Crippen LogP contribution >= 0.6 is 0 Å². The van der Waals surface area contributed by atoms with Crippen molar-refractivity contribution < 1.29 is 8.39 Å². The molecule has 0 aromatic rings. The maximum absolute atomic E-state index is 9.28. The second-order valence-electron chi connectivity index (χ2n) is 0.492. The van der Waals surface area contributed by atoms with Crippen LogP contribution in [0.1, 0.15) is 6.92 Å². The standard InChI is InChI=1S/C2H6O2S.K.H/c1-2-4-5-3;;/h5H,2H2,1H3;;. The maximum atomic E-state index is 9.28. The van der Waals surface area contributed by atoms with E-state index in [1.165, 1.54) is 0 Å². The van der Waals surface area contributed by atoms with Crippen LogP contribution in [0.4, 0.5) is 0 Å². The number of rotatable bonds is 2. The molecule has 0 spiro atoms. The normalized spacial score (nSPS) is 6.83. The van der Waals surface area contributed by atoms with Crippen LogP contribution in [0.25, 0.3) is 0 Å². The first-order chi connectivity index (χ1) is 2.41. The van der Waals surface area contributed by atoms with E-state index in [9.17, 15) is 4.21 Å². The van der Waals surface area contributed by atoms with Gasteiger partial charge in [0.1, 0.15) is 11.9 Å². The molecule has 0 aromatic heterocycles. The van der Waals surface area contributed by atoms with Gasteiger partial charge in [-0.15, -0.1) is 0 Å². The van der Waals surface area contributed by atoms with Gasteiger partial charge in [-0.25, -0.2) is 4.21 Å². The van der Waals surface area contributed by atoms with E-state index in [0.29, 0.717) is 6.61 Å². The summed E-state index contributed by atoms with van der Waals surface area (Å²) in [5.41, 5.74) is 0. The van der Waals surface area contributed by atoms with E-state index in [1.807, 2.05) is 0 Å². The molecule has 34 valence electrons. The summed E-state index contributed by atoms with van der Waals surface area (Å²) in [6.45, 7) is 2.30. The summed E-state index contributed by atoms with van der Waals surface area (Å²) in [6, 6.07) is 0. The molecule has 0 saturated carbocycles. The van der Waals surface area contributed by atoms with Crippen molar-refractivity contribution in [2.45, 2.75) is 6.92 Å². The molecule has 0 amide bonds. The Morgan fingerprint density at radius 2 is 2.33 bits per heavy atom. The number of hydrogen-bond donors (Lipinski definition) is 1. The monoisotopic (exact) mass is 134 g/mol. The molecule has 0 bridgehead atoms. The van der Waals surface area contributed by atoms with E-state index >= 15 is 0 Å². The van der Waals surface area contributed by atoms with Gasteiger partial charge < -0.3 is 0 Å². The average molecular weight is 134 g/mol. The van der Waals surface area contributed by atoms with Gasteiger partial charge in [0.05, 0.1) is 6.61 Å². The van der Waals surface area contributed by atoms with Crippen LogP contribution < -0.4 is 0 Å². The number of thiol groups is 1. The minimum atomic E-state index is -0.220. The quantitative estimate of drug-likeness (QED) is 0.397. The van der Waals surface area contributed by atoms with Crippen LogP contribution in [0.5, 0.6) is 0 Å². The Morgan fingerprint density at radius 1 is 1.83 bits per heavy atom. The predicted octanol–water partition coefficient (Wildman–Crippen LogP) is -0.765. The van der Waals surface area contributed by atoms with Gasteiger partial charge in [0.15, 0.2) is 0 Å². The Balaban J connectivity index is 0. The fraction of sp³-hybridized carbons (Fsp3) is 1.00. The zero-order chi connectivity index (χ0) is 4.12. The molecule has 0 rings (SSSR count). The topological polar surface area (TPSA) is 26.3 Å². The fourth-order valence-corrected chi connectivity index (χ4v) is 0.158. The summed E-state index contributed by atoms with van der Waals surface area (Å²) < 4.78 is 13.5. The molecule has 0 aliphatic carbocycles. The van der Waals surface area contributed by atoms with Crippen LogP contribution in [0.3, 0.4) is 0 Å². The van der Waals surface area contributed by atoms with Crippen LogP contribution in [0.15, 0.2) is 0 Å². The summed E-state index contributed by atoms with van der Waals surface area (Å²) in [5.74, 6) is 0. The first-order valence-corrected chi connectivity index (χ1v) is 2.09. The van der Waals surface area contributed by atoms with Crippen molar-refractivity contribution in [2.24, 2.45) is 0 Å². The summed E-state index contributed by atoms with van der Waals surface area (Å²) >= 11 is -0.220. The molecule has 4 heteroatoms. The zero-order valence-corrected chi connectivity index (χ0v) is 3.87. The first-order valence-electron chi connectivity index (χ1n) is 1.36. The SMILES string of the molecule is CCO[SH]=O.[KH]. The number of hydrogen-bond acceptors (Lipinski definition) is 2. The molecule has 0 aliphatic rings. The van der Waals surface area contributed by atoms with E-state index in [4.69, 9.17) is 0 Å². The summed E-state index contributed by atoms with van der Waals surface area (Å²) in [6.07, 6.45) is 0. The molecule has 2 nitrogen and oxygen atoms in total. The van der Waals surface area contributed by atoms with E-state index in [2.05, 4.69) is 4.18 Å². The van der Waals surface area contributed by atoms with Gasteiger partial charge in [-0.3, -0.25) is 4.18 Å². The molecule has 0 aromatic carbocycles. The third kappa shape index (κ3) is 9.22. The molecular weight excluding hydrogens is 127 g/mol. The van der Waals surface area contributed by atoms with Gasteiger partial charge in [-0.1, -0.05) is 0 Å². The van der Waals surface area contributed by atoms with Crippen LogP contribution in [0, 0.1) is 0 Å².